The summed E-state index contributed by atoms with van der Waals surface area (Å²) in [5, 5.41) is 25.1. The van der Waals surface area contributed by atoms with Gasteiger partial charge < -0.3 is 24.7 Å². The molecule has 2 atom stereocenters. The van der Waals surface area contributed by atoms with Gasteiger partial charge in [0.2, 0.25) is 12.3 Å². The molecule has 2 aromatic carbocycles. The lowest BCUT2D eigenvalue weighted by Gasteiger charge is -2.47. The van der Waals surface area contributed by atoms with E-state index in [9.17, 15) is 24.6 Å². The van der Waals surface area contributed by atoms with E-state index in [2.05, 4.69) is 55.8 Å². The van der Waals surface area contributed by atoms with Gasteiger partial charge in [0.25, 0.3) is 0 Å². The van der Waals surface area contributed by atoms with Crippen LogP contribution in [-0.4, -0.2) is 64.1 Å². The molecule has 0 aliphatic carbocycles. The molecule has 0 bridgehead atoms. The Balaban J connectivity index is 2.07. The maximum atomic E-state index is 13.7. The van der Waals surface area contributed by atoms with Crippen LogP contribution in [0.25, 0.3) is 0 Å². The fourth-order valence-corrected chi connectivity index (χ4v) is 6.58. The van der Waals surface area contributed by atoms with Crippen molar-refractivity contribution in [2.45, 2.75) is 65.9 Å². The number of esters is 1. The maximum absolute atomic E-state index is 13.7. The highest BCUT2D eigenvalue weighted by Crippen LogP contribution is 2.38. The lowest BCUT2D eigenvalue weighted by atomic mass is 9.97. The van der Waals surface area contributed by atoms with Crippen molar-refractivity contribution in [2.75, 3.05) is 23.3 Å². The Morgan fingerprint density at radius 3 is 2.26 bits per heavy atom. The van der Waals surface area contributed by atoms with Crippen LogP contribution in [0, 0.1) is 14.1 Å². The number of ether oxygens (including phenoxy) is 1. The molecular formula is C27H34I2N4O6. The largest absolute Gasteiger partial charge is 0.506 e. The lowest BCUT2D eigenvalue weighted by Crippen LogP contribution is -2.63. The first-order chi connectivity index (χ1) is 18.2. The number of nitrogens with zero attached hydrogens (tertiary/aromatic N) is 2. The molecule has 0 saturated heterocycles. The zero-order valence-corrected chi connectivity index (χ0v) is 27.1. The fourth-order valence-electron chi connectivity index (χ4n) is 4.68. The molecule has 0 spiro atoms. The van der Waals surface area contributed by atoms with E-state index in [0.29, 0.717) is 43.6 Å². The Hall–Kier alpha value is -2.33. The molecule has 4 N–H and O–H groups in total. The number of anilines is 2. The first kappa shape index (κ1) is 31.2. The molecule has 2 amide bonds. The molecular weight excluding hydrogens is 730 g/mol. The van der Waals surface area contributed by atoms with Crippen molar-refractivity contribution in [3.63, 3.8) is 0 Å². The van der Waals surface area contributed by atoms with E-state index in [-0.39, 0.29) is 17.2 Å². The number of fused-ring (bicyclic) bond motifs is 1. The number of carbonyl (C=O) groups excluding carboxylic acids is 2. The second-order valence-corrected chi connectivity index (χ2v) is 12.5. The van der Waals surface area contributed by atoms with Gasteiger partial charge in [-0.1, -0.05) is 0 Å². The smallest absolute Gasteiger partial charge is 0.409 e. The summed E-state index contributed by atoms with van der Waals surface area (Å²) < 4.78 is 7.27. The van der Waals surface area contributed by atoms with E-state index in [4.69, 9.17) is 4.74 Å². The predicted octanol–water partition coefficient (Wildman–Crippen LogP) is 5.13. The molecule has 1 aliphatic rings. The molecule has 1 aliphatic heterocycles. The first-order valence-corrected chi connectivity index (χ1v) is 14.7. The average molecular weight is 764 g/mol. The Morgan fingerprint density at radius 1 is 1.15 bits per heavy atom. The molecule has 0 fully saturated rings. The quantitative estimate of drug-likeness (QED) is 0.215. The van der Waals surface area contributed by atoms with Gasteiger partial charge in [0.15, 0.2) is 0 Å². The molecule has 12 heteroatoms. The summed E-state index contributed by atoms with van der Waals surface area (Å²) in [6.45, 7) is 12.4. The van der Waals surface area contributed by atoms with Crippen molar-refractivity contribution in [2.24, 2.45) is 0 Å². The minimum Gasteiger partial charge on any atom is -0.506 e. The van der Waals surface area contributed by atoms with Gasteiger partial charge in [0.1, 0.15) is 5.75 Å². The molecule has 10 nitrogen and oxygen atoms in total. The van der Waals surface area contributed by atoms with Crippen LogP contribution in [0.3, 0.4) is 0 Å². The van der Waals surface area contributed by atoms with Crippen molar-refractivity contribution in [1.82, 2.24) is 10.2 Å². The number of carbonyl (C=O) groups is 3. The van der Waals surface area contributed by atoms with Crippen LogP contribution in [0.5, 0.6) is 5.75 Å². The number of phenols is 1. The van der Waals surface area contributed by atoms with Crippen LogP contribution < -0.4 is 15.5 Å². The average Bonchev–Trinajstić information content (AvgIpc) is 2.83. The van der Waals surface area contributed by atoms with E-state index >= 15 is 0 Å². The van der Waals surface area contributed by atoms with Crippen LogP contribution in [-0.2, 0) is 16.0 Å². The second-order valence-electron chi connectivity index (χ2n) is 10.2. The van der Waals surface area contributed by atoms with Crippen molar-refractivity contribution in [1.29, 1.82) is 0 Å². The Kier molecular flexibility index (Phi) is 9.97. The number of aromatic hydroxyl groups is 1. The normalized spacial score (nSPS) is 15.8. The van der Waals surface area contributed by atoms with Gasteiger partial charge in [-0.05, 0) is 129 Å². The molecule has 0 aromatic heterocycles. The summed E-state index contributed by atoms with van der Waals surface area (Å²) in [6.07, 6.45) is -1.89. The minimum absolute atomic E-state index is 0.133. The molecule has 212 valence electrons. The van der Waals surface area contributed by atoms with Gasteiger partial charge >= 0.3 is 12.1 Å². The summed E-state index contributed by atoms with van der Waals surface area (Å²) in [7, 11) is 0. The predicted molar refractivity (Wildman–Crippen MR) is 166 cm³/mol. The van der Waals surface area contributed by atoms with Gasteiger partial charge in [-0.25, -0.2) is 9.59 Å². The number of rotatable bonds is 8. The van der Waals surface area contributed by atoms with Crippen LogP contribution in [0.1, 0.15) is 56.1 Å². The number of amides is 2. The number of carboxylic acid groups (broad SMARTS) is 1. The number of nitrogens with one attached hydrogen (secondary N) is 2. The number of cyclic esters (lactones) is 1. The molecule has 39 heavy (non-hydrogen) atoms. The lowest BCUT2D eigenvalue weighted by molar-refractivity contribution is -0.134. The van der Waals surface area contributed by atoms with Gasteiger partial charge in [-0.2, -0.15) is 0 Å². The second kappa shape index (κ2) is 12.5. The third kappa shape index (κ3) is 6.88. The highest BCUT2D eigenvalue weighted by molar-refractivity contribution is 14.1. The van der Waals surface area contributed by atoms with Crippen molar-refractivity contribution < 1.29 is 29.3 Å². The Morgan fingerprint density at radius 2 is 1.74 bits per heavy atom. The summed E-state index contributed by atoms with van der Waals surface area (Å²) in [4.78, 5) is 41.9. The SMILES string of the molecule is CCN(CC)C(=O)C(Cc1cc(I)c(O)c(I)c1)NC1OC(=O)c2c(ccc(NC(=O)O)c2C)N1C(C)(C)C. The number of halogens is 2. The Bertz CT molecular complexity index is 1250. The molecule has 0 radical (unpaired) electrons. The summed E-state index contributed by atoms with van der Waals surface area (Å²) in [5.74, 6) is -0.549. The van der Waals surface area contributed by atoms with E-state index in [1.807, 2.05) is 51.7 Å². The summed E-state index contributed by atoms with van der Waals surface area (Å²) in [6, 6.07) is 6.26. The van der Waals surface area contributed by atoms with Gasteiger partial charge in [0, 0.05) is 24.3 Å². The third-order valence-corrected chi connectivity index (χ3v) is 8.20. The minimum atomic E-state index is -1.23. The van der Waals surface area contributed by atoms with E-state index in [1.54, 1.807) is 24.0 Å². The number of phenolic OH excluding ortho intramolecular Hbond substituents is 1. The molecule has 2 unspecified atom stereocenters. The molecule has 0 saturated carbocycles. The van der Waals surface area contributed by atoms with E-state index < -0.39 is 30.0 Å². The van der Waals surface area contributed by atoms with Crippen molar-refractivity contribution in [3.8, 4) is 5.75 Å². The van der Waals surface area contributed by atoms with Crippen LogP contribution in [0.4, 0.5) is 16.2 Å². The van der Waals surface area contributed by atoms with Gasteiger partial charge in [0.05, 0.1) is 24.4 Å². The molecule has 2 aromatic rings. The Labute approximate surface area is 255 Å². The number of likely N-dealkylation sites (N-methyl/N-ethyl adjacent to an activating group) is 1. The number of benzene rings is 2. The zero-order chi connectivity index (χ0) is 29.2. The summed E-state index contributed by atoms with van der Waals surface area (Å²) in [5.41, 5.74) is 1.90. The highest BCUT2D eigenvalue weighted by Gasteiger charge is 2.42. The van der Waals surface area contributed by atoms with Crippen LogP contribution in [0.15, 0.2) is 24.3 Å². The maximum Gasteiger partial charge on any atom is 0.409 e. The van der Waals surface area contributed by atoms with E-state index in [1.165, 1.54) is 0 Å². The van der Waals surface area contributed by atoms with Crippen molar-refractivity contribution >= 4 is 74.5 Å². The van der Waals surface area contributed by atoms with E-state index in [0.717, 1.165) is 5.56 Å². The molecule has 3 rings (SSSR count). The first-order valence-electron chi connectivity index (χ1n) is 12.5. The number of hydrogen-bond donors (Lipinski definition) is 4. The van der Waals surface area contributed by atoms with Gasteiger partial charge in [-0.15, -0.1) is 0 Å². The third-order valence-electron chi connectivity index (χ3n) is 6.56. The topological polar surface area (TPSA) is 131 Å². The fraction of sp³-hybridized carbons (Fsp3) is 0.444. The van der Waals surface area contributed by atoms with Crippen LogP contribution >= 0.6 is 45.2 Å². The van der Waals surface area contributed by atoms with Crippen molar-refractivity contribution in [3.05, 3.63) is 48.1 Å². The standard InChI is InChI=1S/C27H34I2N4O6/c1-7-32(8-2)23(35)19(13-15-11-16(28)22(34)17(29)12-15)30-25-33(27(4,5)6)20-10-9-18(31-26(37)38)14(3)21(20)24(36)39-25/h9-12,19,25,30-31,34H,7-8,13H2,1-6H3,(H,37,38). The molecule has 1 heterocycles. The van der Waals surface area contributed by atoms with Crippen LogP contribution in [0.2, 0.25) is 0 Å². The summed E-state index contributed by atoms with van der Waals surface area (Å²) >= 11 is 4.13. The highest BCUT2D eigenvalue weighted by atomic mass is 127. The van der Waals surface area contributed by atoms with Gasteiger partial charge in [-0.3, -0.25) is 15.4 Å². The monoisotopic (exact) mass is 764 g/mol. The zero-order valence-electron chi connectivity index (χ0n) is 22.8. The number of hydrogen-bond acceptors (Lipinski definition) is 7.